The van der Waals surface area contributed by atoms with E-state index < -0.39 is 5.97 Å². The Morgan fingerprint density at radius 2 is 1.93 bits per heavy atom. The number of rotatable bonds is 8. The average molecular weight is 633 g/mol. The Morgan fingerprint density at radius 3 is 2.69 bits per heavy atom. The number of amides is 1. The number of likely N-dealkylation sites (N-methyl/N-ethyl adjacent to an activating group) is 2. The average Bonchev–Trinajstić information content (AvgIpc) is 3.65. The Hall–Kier alpha value is -3.89. The lowest BCUT2D eigenvalue weighted by molar-refractivity contribution is -0.135. The molecule has 0 aliphatic carbocycles. The molecule has 1 amide bonds. The van der Waals surface area contributed by atoms with Crippen LogP contribution in [-0.2, 0) is 27.3 Å². The summed E-state index contributed by atoms with van der Waals surface area (Å²) < 4.78 is 11.0. The lowest BCUT2D eigenvalue weighted by Crippen LogP contribution is -2.39. The molecule has 3 aliphatic rings. The number of hydrogen-bond acceptors (Lipinski definition) is 9. The van der Waals surface area contributed by atoms with E-state index in [0.717, 1.165) is 77.3 Å². The van der Waals surface area contributed by atoms with Gasteiger partial charge in [0.05, 0.1) is 24.4 Å². The van der Waals surface area contributed by atoms with Crippen molar-refractivity contribution in [3.05, 3.63) is 64.8 Å². The van der Waals surface area contributed by atoms with Crippen LogP contribution in [0.2, 0.25) is 5.02 Å². The van der Waals surface area contributed by atoms with Crippen LogP contribution in [0.5, 0.6) is 6.01 Å². The quantitative estimate of drug-likeness (QED) is 0.263. The molecule has 0 unspecified atom stereocenters. The first kappa shape index (κ1) is 31.1. The lowest BCUT2D eigenvalue weighted by Gasteiger charge is -2.35. The number of methoxy groups -OCH3 is 1. The monoisotopic (exact) mass is 632 g/mol. The number of nitrogens with zero attached hydrogens (tertiary/aromatic N) is 6. The fraction of sp³-hybridized carbons (Fsp3) is 0.471. The van der Waals surface area contributed by atoms with Gasteiger partial charge in [-0.2, -0.15) is 9.97 Å². The number of aromatic nitrogens is 2. The Kier molecular flexibility index (Phi) is 9.14. The summed E-state index contributed by atoms with van der Waals surface area (Å²) in [5, 5.41) is 2.88. The van der Waals surface area contributed by atoms with Crippen molar-refractivity contribution in [2.45, 2.75) is 57.3 Å². The summed E-state index contributed by atoms with van der Waals surface area (Å²) in [6.45, 7) is 5.55. The van der Waals surface area contributed by atoms with Crippen LogP contribution in [0, 0.1) is 0 Å². The van der Waals surface area contributed by atoms with E-state index in [-0.39, 0.29) is 18.0 Å². The zero-order valence-electron chi connectivity index (χ0n) is 26.4. The van der Waals surface area contributed by atoms with Crippen LogP contribution in [0.4, 0.5) is 11.5 Å². The van der Waals surface area contributed by atoms with E-state index in [4.69, 9.17) is 26.3 Å². The minimum absolute atomic E-state index is 0.00476. The lowest BCUT2D eigenvalue weighted by atomic mass is 10.0. The molecule has 3 aliphatic heterocycles. The van der Waals surface area contributed by atoms with Crippen LogP contribution in [-0.4, -0.2) is 97.2 Å². The molecule has 3 atom stereocenters. The van der Waals surface area contributed by atoms with E-state index in [1.54, 1.807) is 4.90 Å². The van der Waals surface area contributed by atoms with E-state index in [2.05, 4.69) is 50.7 Å². The van der Waals surface area contributed by atoms with Gasteiger partial charge in [0, 0.05) is 67.1 Å². The maximum atomic E-state index is 12.9. The summed E-state index contributed by atoms with van der Waals surface area (Å²) >= 11 is 6.71. The SMILES string of the molecule is COC(=O)/C=C/C(=O)N1C[C@@H](N(C)c2nc(OC[C@@H]3CCCN3C)nc3c2CCN(c2cccc4cccc(Cl)c24)C3)C[C@@H]1C. The predicted octanol–water partition coefficient (Wildman–Crippen LogP) is 4.47. The summed E-state index contributed by atoms with van der Waals surface area (Å²) in [6, 6.07) is 13.1. The van der Waals surface area contributed by atoms with Crippen molar-refractivity contribution in [1.82, 2.24) is 19.8 Å². The molecule has 3 aromatic rings. The van der Waals surface area contributed by atoms with E-state index in [9.17, 15) is 9.59 Å². The smallest absolute Gasteiger partial charge is 0.330 e. The van der Waals surface area contributed by atoms with Crippen LogP contribution in [0.1, 0.15) is 37.4 Å². The highest BCUT2D eigenvalue weighted by Crippen LogP contribution is 2.37. The fourth-order valence-corrected chi connectivity index (χ4v) is 7.20. The van der Waals surface area contributed by atoms with Crippen molar-refractivity contribution in [2.75, 3.05) is 57.2 Å². The van der Waals surface area contributed by atoms with Gasteiger partial charge in [0.25, 0.3) is 0 Å². The molecule has 1 aromatic heterocycles. The fourth-order valence-electron chi connectivity index (χ4n) is 6.92. The third-order valence-corrected chi connectivity index (χ3v) is 9.87. The predicted molar refractivity (Wildman–Crippen MR) is 176 cm³/mol. The molecular weight excluding hydrogens is 592 g/mol. The second kappa shape index (κ2) is 13.2. The highest BCUT2D eigenvalue weighted by molar-refractivity contribution is 6.36. The Bertz CT molecular complexity index is 1610. The molecule has 6 rings (SSSR count). The van der Waals surface area contributed by atoms with Gasteiger partial charge in [-0.25, -0.2) is 4.79 Å². The van der Waals surface area contributed by atoms with Crippen molar-refractivity contribution in [3.8, 4) is 6.01 Å². The summed E-state index contributed by atoms with van der Waals surface area (Å²) in [6.07, 6.45) is 6.25. The number of anilines is 2. The van der Waals surface area contributed by atoms with Crippen molar-refractivity contribution < 1.29 is 19.1 Å². The third kappa shape index (κ3) is 6.44. The van der Waals surface area contributed by atoms with Gasteiger partial charge in [0.2, 0.25) is 5.91 Å². The van der Waals surface area contributed by atoms with Crippen LogP contribution in [0.25, 0.3) is 10.8 Å². The molecule has 0 N–H and O–H groups in total. The van der Waals surface area contributed by atoms with E-state index in [1.807, 2.05) is 26.1 Å². The first-order valence-electron chi connectivity index (χ1n) is 15.7. The molecule has 238 valence electrons. The van der Waals surface area contributed by atoms with Gasteiger partial charge in [-0.15, -0.1) is 0 Å². The van der Waals surface area contributed by atoms with Crippen LogP contribution >= 0.6 is 11.6 Å². The number of halogens is 1. The minimum Gasteiger partial charge on any atom is -0.466 e. The second-order valence-corrected chi connectivity index (χ2v) is 12.7. The third-order valence-electron chi connectivity index (χ3n) is 9.55. The first-order valence-corrected chi connectivity index (χ1v) is 16.1. The zero-order valence-corrected chi connectivity index (χ0v) is 27.2. The molecule has 10 nitrogen and oxygen atoms in total. The van der Waals surface area contributed by atoms with Gasteiger partial charge < -0.3 is 29.1 Å². The molecule has 2 aromatic carbocycles. The standard InChI is InChI=1S/C34H41ClN6O4/c1-22-18-25(19-41(22)30(42)13-14-31(43)44-4)39(3)33-26-15-17-40(29-12-6-9-23-8-5-11-27(35)32(23)29)20-28(26)36-34(37-33)45-21-24-10-7-16-38(24)2/h5-6,8-9,11-14,22,24-25H,7,10,15-21H2,1-4H3/b14-13+/t22-,24-,25-/m0/s1. The number of likely N-dealkylation sites (tertiary alicyclic amines) is 2. The van der Waals surface area contributed by atoms with E-state index >= 15 is 0 Å². The highest BCUT2D eigenvalue weighted by atomic mass is 35.5. The molecule has 0 saturated carbocycles. The number of benzene rings is 2. The number of carbonyl (C=O) groups is 2. The molecule has 2 saturated heterocycles. The van der Waals surface area contributed by atoms with Gasteiger partial charge in [0.15, 0.2) is 0 Å². The van der Waals surface area contributed by atoms with Gasteiger partial charge >= 0.3 is 12.0 Å². The Labute approximate surface area is 269 Å². The van der Waals surface area contributed by atoms with Crippen molar-refractivity contribution >= 4 is 45.8 Å². The molecule has 0 bridgehead atoms. The van der Waals surface area contributed by atoms with Gasteiger partial charge in [-0.1, -0.05) is 35.9 Å². The number of carbonyl (C=O) groups excluding carboxylic acids is 2. The normalized spacial score (nSPS) is 21.8. The second-order valence-electron chi connectivity index (χ2n) is 12.3. The minimum atomic E-state index is -0.548. The molecule has 11 heteroatoms. The summed E-state index contributed by atoms with van der Waals surface area (Å²) in [5.41, 5.74) is 3.14. The van der Waals surface area contributed by atoms with Crippen molar-refractivity contribution in [1.29, 1.82) is 0 Å². The van der Waals surface area contributed by atoms with Crippen LogP contribution < -0.4 is 14.5 Å². The summed E-state index contributed by atoms with van der Waals surface area (Å²) in [7, 11) is 5.48. The highest BCUT2D eigenvalue weighted by Gasteiger charge is 2.36. The van der Waals surface area contributed by atoms with Crippen molar-refractivity contribution in [3.63, 3.8) is 0 Å². The summed E-state index contributed by atoms with van der Waals surface area (Å²) in [4.78, 5) is 43.1. The van der Waals surface area contributed by atoms with Gasteiger partial charge in [-0.3, -0.25) is 4.79 Å². The maximum absolute atomic E-state index is 12.9. The number of ether oxygens (including phenoxy) is 2. The largest absolute Gasteiger partial charge is 0.466 e. The molecule has 2 fully saturated rings. The first-order chi connectivity index (χ1) is 21.7. The molecular formula is C34H41ClN6O4. The Morgan fingerprint density at radius 1 is 1.13 bits per heavy atom. The van der Waals surface area contributed by atoms with Crippen molar-refractivity contribution in [2.24, 2.45) is 0 Å². The topological polar surface area (TPSA) is 91.3 Å². The van der Waals surface area contributed by atoms with Gasteiger partial charge in [0.1, 0.15) is 12.4 Å². The van der Waals surface area contributed by atoms with E-state index in [0.29, 0.717) is 31.7 Å². The summed E-state index contributed by atoms with van der Waals surface area (Å²) in [5.74, 6) is 0.0946. The molecule has 4 heterocycles. The Balaban J connectivity index is 1.29. The van der Waals surface area contributed by atoms with E-state index in [1.165, 1.54) is 19.3 Å². The number of hydrogen-bond donors (Lipinski definition) is 0. The number of esters is 1. The van der Waals surface area contributed by atoms with Crippen LogP contribution in [0.3, 0.4) is 0 Å². The molecule has 45 heavy (non-hydrogen) atoms. The zero-order chi connectivity index (χ0) is 31.7. The number of fused-ring (bicyclic) bond motifs is 2. The van der Waals surface area contributed by atoms with Gasteiger partial charge in [-0.05, 0) is 63.7 Å². The maximum Gasteiger partial charge on any atom is 0.330 e. The molecule has 0 radical (unpaired) electrons. The van der Waals surface area contributed by atoms with Crippen LogP contribution in [0.15, 0.2) is 48.6 Å². The molecule has 0 spiro atoms.